The predicted molar refractivity (Wildman–Crippen MR) is 112 cm³/mol. The molecule has 8 heteroatoms. The lowest BCUT2D eigenvalue weighted by molar-refractivity contribution is -0.121. The van der Waals surface area contributed by atoms with E-state index in [4.69, 9.17) is 10.2 Å². The molecule has 0 fully saturated rings. The first-order valence-electron chi connectivity index (χ1n) is 9.76. The van der Waals surface area contributed by atoms with Crippen LogP contribution in [0.15, 0.2) is 40.9 Å². The lowest BCUT2D eigenvalue weighted by Crippen LogP contribution is -2.26. The zero-order valence-electron chi connectivity index (χ0n) is 17.1. The maximum absolute atomic E-state index is 12.5. The van der Waals surface area contributed by atoms with E-state index in [1.54, 1.807) is 4.52 Å². The smallest absolute Gasteiger partial charge is 0.254 e. The van der Waals surface area contributed by atoms with E-state index in [0.717, 1.165) is 33.7 Å². The fourth-order valence-corrected chi connectivity index (χ4v) is 3.69. The number of nitrogens with zero attached hydrogens (tertiary/aromatic N) is 3. The number of rotatable bonds is 6. The first-order chi connectivity index (χ1) is 14.3. The lowest BCUT2D eigenvalue weighted by Gasteiger charge is -2.13. The van der Waals surface area contributed by atoms with E-state index in [2.05, 4.69) is 15.4 Å². The van der Waals surface area contributed by atoms with E-state index in [1.165, 1.54) is 6.20 Å². The zero-order chi connectivity index (χ0) is 21.4. The van der Waals surface area contributed by atoms with Gasteiger partial charge in [-0.05, 0) is 44.9 Å². The third-order valence-corrected chi connectivity index (χ3v) is 5.32. The Kier molecular flexibility index (Phi) is 4.99. The minimum atomic E-state index is -0.567. The van der Waals surface area contributed by atoms with E-state index in [0.29, 0.717) is 18.5 Å². The van der Waals surface area contributed by atoms with Crippen molar-refractivity contribution in [2.75, 3.05) is 0 Å². The average Bonchev–Trinajstić information content (AvgIpc) is 3.32. The third-order valence-electron chi connectivity index (χ3n) is 5.32. The van der Waals surface area contributed by atoms with E-state index in [1.807, 2.05) is 51.1 Å². The summed E-state index contributed by atoms with van der Waals surface area (Å²) in [7, 11) is 0. The van der Waals surface area contributed by atoms with Gasteiger partial charge >= 0.3 is 0 Å². The molecule has 4 aromatic rings. The van der Waals surface area contributed by atoms with Crippen molar-refractivity contribution >= 4 is 28.4 Å². The van der Waals surface area contributed by atoms with E-state index in [9.17, 15) is 9.59 Å². The molecular formula is C22H23N5O3. The van der Waals surface area contributed by atoms with Crippen molar-refractivity contribution in [3.8, 4) is 0 Å². The Morgan fingerprint density at radius 2 is 2.03 bits per heavy atom. The molecule has 0 aliphatic carbocycles. The second-order valence-electron chi connectivity index (χ2n) is 7.39. The van der Waals surface area contributed by atoms with Crippen LogP contribution < -0.4 is 11.1 Å². The van der Waals surface area contributed by atoms with Crippen LogP contribution in [0.2, 0.25) is 0 Å². The molecule has 4 rings (SSSR count). The van der Waals surface area contributed by atoms with Gasteiger partial charge in [0.2, 0.25) is 5.91 Å². The molecule has 154 valence electrons. The molecule has 3 heterocycles. The Morgan fingerprint density at radius 1 is 1.27 bits per heavy atom. The van der Waals surface area contributed by atoms with Crippen molar-refractivity contribution in [3.05, 3.63) is 64.8 Å². The zero-order valence-corrected chi connectivity index (χ0v) is 17.1. The molecule has 0 spiro atoms. The van der Waals surface area contributed by atoms with Gasteiger partial charge in [0.1, 0.15) is 16.9 Å². The van der Waals surface area contributed by atoms with Crippen molar-refractivity contribution in [2.24, 2.45) is 5.73 Å². The Hall–Kier alpha value is -3.68. The standard InChI is InChI=1S/C22H23N5O3/c1-12-16(14(3)27-22(26-12)17(11-24-27)21(23)29)8-9-20(28)25-13(2)19-10-15-6-4-5-7-18(15)30-19/h4-7,10-11,13H,8-9H2,1-3H3,(H2,23,29)(H,25,28)/t13-/m1/s1. The molecule has 1 aromatic carbocycles. The molecule has 3 N–H and O–H groups in total. The molecule has 3 aromatic heterocycles. The van der Waals surface area contributed by atoms with Crippen molar-refractivity contribution in [2.45, 2.75) is 39.7 Å². The Balaban J connectivity index is 1.47. The molecule has 0 bridgehead atoms. The highest BCUT2D eigenvalue weighted by molar-refractivity contribution is 5.98. The van der Waals surface area contributed by atoms with Crippen molar-refractivity contribution in [1.82, 2.24) is 19.9 Å². The number of carbonyl (C=O) groups is 2. The maximum Gasteiger partial charge on any atom is 0.254 e. The highest BCUT2D eigenvalue weighted by Crippen LogP contribution is 2.24. The average molecular weight is 405 g/mol. The summed E-state index contributed by atoms with van der Waals surface area (Å²) in [4.78, 5) is 28.6. The number of nitrogens with one attached hydrogen (secondary N) is 1. The second-order valence-corrected chi connectivity index (χ2v) is 7.39. The Bertz CT molecular complexity index is 1240. The quantitative estimate of drug-likeness (QED) is 0.512. The normalized spacial score (nSPS) is 12.4. The lowest BCUT2D eigenvalue weighted by atomic mass is 10.1. The van der Waals surface area contributed by atoms with Gasteiger partial charge in [-0.3, -0.25) is 9.59 Å². The van der Waals surface area contributed by atoms with Crippen molar-refractivity contribution in [3.63, 3.8) is 0 Å². The molecule has 2 amide bonds. The van der Waals surface area contributed by atoms with Crippen LogP contribution in [0.25, 0.3) is 16.6 Å². The van der Waals surface area contributed by atoms with Crippen molar-refractivity contribution in [1.29, 1.82) is 0 Å². The van der Waals surface area contributed by atoms with Crippen LogP contribution >= 0.6 is 0 Å². The highest BCUT2D eigenvalue weighted by Gasteiger charge is 2.18. The van der Waals surface area contributed by atoms with Crippen molar-refractivity contribution < 1.29 is 14.0 Å². The molecule has 0 radical (unpaired) electrons. The number of hydrogen-bond acceptors (Lipinski definition) is 5. The number of amides is 2. The monoisotopic (exact) mass is 405 g/mol. The molecule has 0 saturated carbocycles. The van der Waals surface area contributed by atoms with Gasteiger partial charge in [0.15, 0.2) is 5.65 Å². The number of aryl methyl sites for hydroxylation is 2. The Labute approximate surface area is 173 Å². The number of primary amides is 1. The van der Waals surface area contributed by atoms with Gasteiger partial charge in [0.05, 0.1) is 12.2 Å². The largest absolute Gasteiger partial charge is 0.459 e. The SMILES string of the molecule is Cc1nc2c(C(N)=O)cnn2c(C)c1CCC(=O)N[C@H](C)c1cc2ccccc2o1. The number of fused-ring (bicyclic) bond motifs is 2. The van der Waals surface area contributed by atoms with Gasteiger partial charge in [0, 0.05) is 23.2 Å². The predicted octanol–water partition coefficient (Wildman–Crippen LogP) is 3.00. The third kappa shape index (κ3) is 3.52. The topological polar surface area (TPSA) is 116 Å². The molecule has 1 atom stereocenters. The summed E-state index contributed by atoms with van der Waals surface area (Å²) >= 11 is 0. The molecule has 0 saturated heterocycles. The van der Waals surface area contributed by atoms with Gasteiger partial charge in [-0.1, -0.05) is 18.2 Å². The fourth-order valence-electron chi connectivity index (χ4n) is 3.69. The first kappa shape index (κ1) is 19.6. The van der Waals surface area contributed by atoms with Gasteiger partial charge in [-0.15, -0.1) is 0 Å². The Morgan fingerprint density at radius 3 is 2.77 bits per heavy atom. The molecule has 8 nitrogen and oxygen atoms in total. The number of hydrogen-bond donors (Lipinski definition) is 2. The summed E-state index contributed by atoms with van der Waals surface area (Å²) in [5, 5.41) is 8.21. The summed E-state index contributed by atoms with van der Waals surface area (Å²) in [6.45, 7) is 5.65. The van der Waals surface area contributed by atoms with Crippen LogP contribution in [0.4, 0.5) is 0 Å². The second kappa shape index (κ2) is 7.62. The van der Waals surface area contributed by atoms with Crippen LogP contribution in [0.1, 0.15) is 52.5 Å². The number of furan rings is 1. The van der Waals surface area contributed by atoms with E-state index >= 15 is 0 Å². The number of para-hydroxylation sites is 1. The van der Waals surface area contributed by atoms with Crippen LogP contribution in [0, 0.1) is 13.8 Å². The van der Waals surface area contributed by atoms with E-state index < -0.39 is 5.91 Å². The number of aromatic nitrogens is 3. The van der Waals surface area contributed by atoms with Crippen LogP contribution in [0.3, 0.4) is 0 Å². The minimum absolute atomic E-state index is 0.0832. The summed E-state index contributed by atoms with van der Waals surface area (Å²) in [6.07, 6.45) is 2.22. The van der Waals surface area contributed by atoms with Gasteiger partial charge in [0.25, 0.3) is 5.91 Å². The molecular weight excluding hydrogens is 382 g/mol. The van der Waals surface area contributed by atoms with Crippen LogP contribution in [-0.2, 0) is 11.2 Å². The van der Waals surface area contributed by atoms with Crippen LogP contribution in [-0.4, -0.2) is 26.4 Å². The minimum Gasteiger partial charge on any atom is -0.459 e. The maximum atomic E-state index is 12.5. The molecule has 0 unspecified atom stereocenters. The number of nitrogens with two attached hydrogens (primary N) is 1. The highest BCUT2D eigenvalue weighted by atomic mass is 16.3. The summed E-state index contributed by atoms with van der Waals surface area (Å²) in [5.74, 6) is 0.0682. The molecule has 0 aliphatic heterocycles. The van der Waals surface area contributed by atoms with Gasteiger partial charge in [-0.25, -0.2) is 9.50 Å². The molecule has 30 heavy (non-hydrogen) atoms. The summed E-state index contributed by atoms with van der Waals surface area (Å²) in [6, 6.07) is 9.45. The van der Waals surface area contributed by atoms with E-state index in [-0.39, 0.29) is 17.5 Å². The fraction of sp³-hybridized carbons (Fsp3) is 0.273. The first-order valence-corrected chi connectivity index (χ1v) is 9.76. The van der Waals surface area contributed by atoms with Crippen LogP contribution in [0.5, 0.6) is 0 Å². The van der Waals surface area contributed by atoms with Gasteiger partial charge in [-0.2, -0.15) is 5.10 Å². The summed E-state index contributed by atoms with van der Waals surface area (Å²) in [5.41, 5.74) is 9.42. The number of benzene rings is 1. The number of carbonyl (C=O) groups excluding carboxylic acids is 2. The summed E-state index contributed by atoms with van der Waals surface area (Å²) < 4.78 is 7.42. The molecule has 0 aliphatic rings. The van der Waals surface area contributed by atoms with Gasteiger partial charge < -0.3 is 15.5 Å².